The van der Waals surface area contributed by atoms with Gasteiger partial charge >= 0.3 is 0 Å². The first-order valence-electron chi connectivity index (χ1n) is 4.83. The van der Waals surface area contributed by atoms with Gasteiger partial charge in [-0.1, -0.05) is 23.7 Å². The third-order valence-corrected chi connectivity index (χ3v) is 2.58. The highest BCUT2D eigenvalue weighted by atomic mass is 35.5. The van der Waals surface area contributed by atoms with Crippen LogP contribution in [0.4, 0.5) is 0 Å². The lowest BCUT2D eigenvalue weighted by atomic mass is 10.0. The van der Waals surface area contributed by atoms with E-state index in [0.717, 1.165) is 5.56 Å². The van der Waals surface area contributed by atoms with Gasteiger partial charge in [0.1, 0.15) is 6.10 Å². The summed E-state index contributed by atoms with van der Waals surface area (Å²) in [5.74, 6) is 0. The minimum absolute atomic E-state index is 0.325. The van der Waals surface area contributed by atoms with Gasteiger partial charge in [0.2, 0.25) is 0 Å². The number of halogens is 1. The number of aliphatic hydroxyl groups is 2. The standard InChI is InChI=1S/C11H16ClNO2/c1-7-3-4-8(9(12)5-7)11(15)10(14)6-13-2/h3-5,10-11,13-15H,6H2,1-2H3. The molecule has 0 radical (unpaired) electrons. The van der Waals surface area contributed by atoms with Crippen molar-refractivity contribution >= 4 is 11.6 Å². The Kier molecular flexibility index (Phi) is 4.54. The summed E-state index contributed by atoms with van der Waals surface area (Å²) in [7, 11) is 1.71. The van der Waals surface area contributed by atoms with Crippen molar-refractivity contribution in [2.75, 3.05) is 13.6 Å². The topological polar surface area (TPSA) is 52.5 Å². The van der Waals surface area contributed by atoms with Gasteiger partial charge in [-0.05, 0) is 25.6 Å². The first-order valence-corrected chi connectivity index (χ1v) is 5.21. The highest BCUT2D eigenvalue weighted by Crippen LogP contribution is 2.26. The van der Waals surface area contributed by atoms with E-state index in [4.69, 9.17) is 11.6 Å². The maximum absolute atomic E-state index is 9.82. The van der Waals surface area contributed by atoms with E-state index < -0.39 is 12.2 Å². The predicted octanol–water partition coefficient (Wildman–Crippen LogP) is 1.26. The smallest absolute Gasteiger partial charge is 0.108 e. The Balaban J connectivity index is 2.86. The minimum Gasteiger partial charge on any atom is -0.389 e. The number of nitrogens with one attached hydrogen (secondary N) is 1. The fraction of sp³-hybridized carbons (Fsp3) is 0.455. The Labute approximate surface area is 94.7 Å². The Morgan fingerprint density at radius 2 is 2.07 bits per heavy atom. The molecule has 15 heavy (non-hydrogen) atoms. The van der Waals surface area contributed by atoms with Gasteiger partial charge in [-0.2, -0.15) is 0 Å². The molecule has 0 saturated heterocycles. The second-order valence-electron chi connectivity index (χ2n) is 3.59. The quantitative estimate of drug-likeness (QED) is 0.729. The molecule has 3 N–H and O–H groups in total. The molecule has 1 aromatic rings. The van der Waals surface area contributed by atoms with Crippen molar-refractivity contribution in [3.8, 4) is 0 Å². The molecular weight excluding hydrogens is 214 g/mol. The summed E-state index contributed by atoms with van der Waals surface area (Å²) in [6, 6.07) is 5.37. The molecule has 1 aromatic carbocycles. The Morgan fingerprint density at radius 3 is 2.60 bits per heavy atom. The first-order chi connectivity index (χ1) is 7.06. The summed E-state index contributed by atoms with van der Waals surface area (Å²) in [6.07, 6.45) is -1.80. The molecule has 0 heterocycles. The number of benzene rings is 1. The molecule has 1 rings (SSSR count). The first kappa shape index (κ1) is 12.5. The van der Waals surface area contributed by atoms with Crippen molar-refractivity contribution < 1.29 is 10.2 Å². The lowest BCUT2D eigenvalue weighted by molar-refractivity contribution is 0.0203. The zero-order chi connectivity index (χ0) is 11.4. The van der Waals surface area contributed by atoms with Crippen LogP contribution >= 0.6 is 11.6 Å². The minimum atomic E-state index is -0.953. The number of hydrogen-bond acceptors (Lipinski definition) is 3. The Hall–Kier alpha value is -0.610. The van der Waals surface area contributed by atoms with E-state index in [2.05, 4.69) is 5.32 Å². The third-order valence-electron chi connectivity index (χ3n) is 2.25. The third kappa shape index (κ3) is 3.18. The molecule has 0 aliphatic rings. The summed E-state index contributed by atoms with van der Waals surface area (Å²) >= 11 is 5.98. The van der Waals surface area contributed by atoms with Crippen molar-refractivity contribution in [2.24, 2.45) is 0 Å². The average molecular weight is 230 g/mol. The van der Waals surface area contributed by atoms with Gasteiger partial charge in [0.05, 0.1) is 6.10 Å². The molecule has 0 aliphatic heterocycles. The average Bonchev–Trinajstić information content (AvgIpc) is 2.17. The summed E-state index contributed by atoms with van der Waals surface area (Å²) in [6.45, 7) is 2.25. The summed E-state index contributed by atoms with van der Waals surface area (Å²) in [4.78, 5) is 0. The molecule has 0 spiro atoms. The van der Waals surface area contributed by atoms with Gasteiger partial charge in [-0.15, -0.1) is 0 Å². The second kappa shape index (κ2) is 5.47. The van der Waals surface area contributed by atoms with Crippen LogP contribution in [0.5, 0.6) is 0 Å². The molecule has 4 heteroatoms. The SMILES string of the molecule is CNCC(O)C(O)c1ccc(C)cc1Cl. The van der Waals surface area contributed by atoms with E-state index in [9.17, 15) is 10.2 Å². The Bertz CT molecular complexity index is 330. The summed E-state index contributed by atoms with van der Waals surface area (Å²) < 4.78 is 0. The molecule has 0 aromatic heterocycles. The fourth-order valence-electron chi connectivity index (χ4n) is 1.40. The van der Waals surface area contributed by atoms with Gasteiger partial charge in [0.15, 0.2) is 0 Å². The lowest BCUT2D eigenvalue weighted by Gasteiger charge is -2.19. The maximum atomic E-state index is 9.82. The van der Waals surface area contributed by atoms with Crippen molar-refractivity contribution in [3.63, 3.8) is 0 Å². The second-order valence-corrected chi connectivity index (χ2v) is 4.00. The summed E-state index contributed by atoms with van der Waals surface area (Å²) in [5.41, 5.74) is 1.59. The fourth-order valence-corrected chi connectivity index (χ4v) is 1.75. The van der Waals surface area contributed by atoms with Crippen molar-refractivity contribution in [1.29, 1.82) is 0 Å². The zero-order valence-corrected chi connectivity index (χ0v) is 9.62. The molecule has 0 aliphatic carbocycles. The lowest BCUT2D eigenvalue weighted by Crippen LogP contribution is -2.29. The van der Waals surface area contributed by atoms with Gasteiger partial charge < -0.3 is 15.5 Å². The van der Waals surface area contributed by atoms with E-state index in [1.807, 2.05) is 13.0 Å². The largest absolute Gasteiger partial charge is 0.389 e. The van der Waals surface area contributed by atoms with Gasteiger partial charge in [-0.25, -0.2) is 0 Å². The molecular formula is C11H16ClNO2. The molecule has 0 fully saturated rings. The van der Waals surface area contributed by atoms with E-state index in [0.29, 0.717) is 17.1 Å². The van der Waals surface area contributed by atoms with Crippen LogP contribution in [0.25, 0.3) is 0 Å². The van der Waals surface area contributed by atoms with E-state index in [1.54, 1.807) is 19.2 Å². The van der Waals surface area contributed by atoms with Crippen LogP contribution in [0.1, 0.15) is 17.2 Å². The molecule has 0 bridgehead atoms. The molecule has 2 atom stereocenters. The van der Waals surface area contributed by atoms with Crippen LogP contribution in [0.3, 0.4) is 0 Å². The van der Waals surface area contributed by atoms with Crippen molar-refractivity contribution in [2.45, 2.75) is 19.1 Å². The maximum Gasteiger partial charge on any atom is 0.108 e. The van der Waals surface area contributed by atoms with Crippen LogP contribution in [-0.2, 0) is 0 Å². The number of hydrogen-bond donors (Lipinski definition) is 3. The van der Waals surface area contributed by atoms with Crippen LogP contribution < -0.4 is 5.32 Å². The van der Waals surface area contributed by atoms with Crippen LogP contribution in [-0.4, -0.2) is 29.9 Å². The van der Waals surface area contributed by atoms with Crippen molar-refractivity contribution in [1.82, 2.24) is 5.32 Å². The zero-order valence-electron chi connectivity index (χ0n) is 8.87. The highest BCUT2D eigenvalue weighted by Gasteiger charge is 2.19. The molecule has 2 unspecified atom stereocenters. The number of aryl methyl sites for hydroxylation is 1. The highest BCUT2D eigenvalue weighted by molar-refractivity contribution is 6.31. The molecule has 84 valence electrons. The monoisotopic (exact) mass is 229 g/mol. The van der Waals surface area contributed by atoms with Crippen molar-refractivity contribution in [3.05, 3.63) is 34.3 Å². The Morgan fingerprint density at radius 1 is 1.40 bits per heavy atom. The van der Waals surface area contributed by atoms with Crippen LogP contribution in [0.15, 0.2) is 18.2 Å². The van der Waals surface area contributed by atoms with E-state index >= 15 is 0 Å². The predicted molar refractivity (Wildman–Crippen MR) is 61.1 cm³/mol. The molecule has 3 nitrogen and oxygen atoms in total. The van der Waals surface area contributed by atoms with Crippen LogP contribution in [0.2, 0.25) is 5.02 Å². The van der Waals surface area contributed by atoms with Gasteiger partial charge in [0, 0.05) is 17.1 Å². The normalized spacial score (nSPS) is 15.0. The number of likely N-dealkylation sites (N-methyl/N-ethyl adjacent to an activating group) is 1. The van der Waals surface area contributed by atoms with E-state index in [-0.39, 0.29) is 0 Å². The molecule has 0 saturated carbocycles. The van der Waals surface area contributed by atoms with E-state index in [1.165, 1.54) is 0 Å². The number of rotatable bonds is 4. The van der Waals surface area contributed by atoms with Gasteiger partial charge in [0.25, 0.3) is 0 Å². The number of aliphatic hydroxyl groups excluding tert-OH is 2. The van der Waals surface area contributed by atoms with Gasteiger partial charge in [-0.3, -0.25) is 0 Å². The van der Waals surface area contributed by atoms with Crippen LogP contribution in [0, 0.1) is 6.92 Å². The molecule has 0 amide bonds. The summed E-state index contributed by atoms with van der Waals surface area (Å²) in [5, 5.41) is 22.7.